The minimum atomic E-state index is -0.0728. The highest BCUT2D eigenvalue weighted by molar-refractivity contribution is 9.10. The highest BCUT2D eigenvalue weighted by Gasteiger charge is 2.20. The van der Waals surface area contributed by atoms with Crippen LogP contribution in [0.15, 0.2) is 29.0 Å². The molecule has 1 unspecified atom stereocenters. The quantitative estimate of drug-likeness (QED) is 0.884. The number of rotatable bonds is 5. The number of nitrogens with two attached hydrogens (primary N) is 1. The van der Waals surface area contributed by atoms with Crippen molar-refractivity contribution < 1.29 is 9.47 Å². The van der Waals surface area contributed by atoms with Crippen LogP contribution in [-0.4, -0.2) is 30.7 Å². The molecule has 0 saturated carbocycles. The first-order valence-corrected chi connectivity index (χ1v) is 6.61. The SMILES string of the molecule is COc1ccc(OC)c(C(CN)c2ncc(Br)[nH]2)c1. The van der Waals surface area contributed by atoms with Crippen molar-refractivity contribution in [1.29, 1.82) is 0 Å². The Balaban J connectivity index is 2.47. The van der Waals surface area contributed by atoms with E-state index in [2.05, 4.69) is 25.9 Å². The third-order valence-corrected chi connectivity index (χ3v) is 3.35. The van der Waals surface area contributed by atoms with Crippen LogP contribution in [-0.2, 0) is 0 Å². The zero-order valence-electron chi connectivity index (χ0n) is 10.8. The third-order valence-electron chi connectivity index (χ3n) is 2.94. The van der Waals surface area contributed by atoms with Crippen molar-refractivity contribution >= 4 is 15.9 Å². The molecular formula is C13H16BrN3O2. The van der Waals surface area contributed by atoms with E-state index < -0.39 is 0 Å². The van der Waals surface area contributed by atoms with Crippen molar-refractivity contribution in [2.45, 2.75) is 5.92 Å². The fourth-order valence-corrected chi connectivity index (χ4v) is 2.29. The number of imidazole rings is 1. The van der Waals surface area contributed by atoms with E-state index in [0.717, 1.165) is 27.5 Å². The summed E-state index contributed by atoms with van der Waals surface area (Å²) in [5.74, 6) is 2.25. The van der Waals surface area contributed by atoms with Crippen LogP contribution >= 0.6 is 15.9 Å². The zero-order valence-corrected chi connectivity index (χ0v) is 12.4. The van der Waals surface area contributed by atoms with Gasteiger partial charge in [-0.1, -0.05) is 0 Å². The molecule has 1 aromatic heterocycles. The molecule has 0 amide bonds. The number of benzene rings is 1. The van der Waals surface area contributed by atoms with Crippen molar-refractivity contribution in [2.75, 3.05) is 20.8 Å². The molecule has 19 heavy (non-hydrogen) atoms. The molecule has 3 N–H and O–H groups in total. The normalized spacial score (nSPS) is 12.2. The van der Waals surface area contributed by atoms with Crippen LogP contribution in [0.5, 0.6) is 11.5 Å². The van der Waals surface area contributed by atoms with Crippen LogP contribution in [0.2, 0.25) is 0 Å². The summed E-state index contributed by atoms with van der Waals surface area (Å²) >= 11 is 3.35. The van der Waals surface area contributed by atoms with Gasteiger partial charge in [-0.05, 0) is 34.1 Å². The average Bonchev–Trinajstić information content (AvgIpc) is 2.86. The van der Waals surface area contributed by atoms with E-state index in [4.69, 9.17) is 15.2 Å². The number of methoxy groups -OCH3 is 2. The van der Waals surface area contributed by atoms with Gasteiger partial charge in [0.25, 0.3) is 0 Å². The van der Waals surface area contributed by atoms with Crippen LogP contribution in [0.3, 0.4) is 0 Å². The molecule has 0 spiro atoms. The van der Waals surface area contributed by atoms with Crippen LogP contribution in [0.1, 0.15) is 17.3 Å². The third kappa shape index (κ3) is 2.90. The summed E-state index contributed by atoms with van der Waals surface area (Å²) in [6.45, 7) is 0.420. The van der Waals surface area contributed by atoms with Gasteiger partial charge in [0.1, 0.15) is 21.9 Å². The second kappa shape index (κ2) is 6.08. The average molecular weight is 326 g/mol. The number of hydrogen-bond acceptors (Lipinski definition) is 4. The van der Waals surface area contributed by atoms with Gasteiger partial charge < -0.3 is 20.2 Å². The van der Waals surface area contributed by atoms with E-state index in [0.29, 0.717) is 6.54 Å². The van der Waals surface area contributed by atoms with Gasteiger partial charge in [-0.15, -0.1) is 0 Å². The zero-order chi connectivity index (χ0) is 13.8. The Labute approximate surface area is 120 Å². The van der Waals surface area contributed by atoms with Crippen LogP contribution in [0.25, 0.3) is 0 Å². The molecule has 102 valence electrons. The molecule has 0 saturated heterocycles. The highest BCUT2D eigenvalue weighted by atomic mass is 79.9. The first kappa shape index (κ1) is 13.9. The maximum atomic E-state index is 5.89. The number of hydrogen-bond donors (Lipinski definition) is 2. The molecule has 6 heteroatoms. The number of nitrogens with zero attached hydrogens (tertiary/aromatic N) is 1. The lowest BCUT2D eigenvalue weighted by molar-refractivity contribution is 0.396. The molecule has 1 atom stereocenters. The Kier molecular flexibility index (Phi) is 4.44. The largest absolute Gasteiger partial charge is 0.497 e. The Morgan fingerprint density at radius 3 is 2.68 bits per heavy atom. The van der Waals surface area contributed by atoms with E-state index >= 15 is 0 Å². The molecule has 5 nitrogen and oxygen atoms in total. The van der Waals surface area contributed by atoms with Crippen LogP contribution < -0.4 is 15.2 Å². The highest BCUT2D eigenvalue weighted by Crippen LogP contribution is 2.33. The minimum absolute atomic E-state index is 0.0728. The summed E-state index contributed by atoms with van der Waals surface area (Å²) in [4.78, 5) is 7.46. The van der Waals surface area contributed by atoms with Crippen LogP contribution in [0, 0.1) is 0 Å². The monoisotopic (exact) mass is 325 g/mol. The fraction of sp³-hybridized carbons (Fsp3) is 0.308. The maximum absolute atomic E-state index is 5.89. The van der Waals surface area contributed by atoms with Gasteiger partial charge in [-0.2, -0.15) is 0 Å². The number of H-pyrrole nitrogens is 1. The predicted octanol–water partition coefficient (Wildman–Crippen LogP) is 2.28. The summed E-state index contributed by atoms with van der Waals surface area (Å²) in [5.41, 5.74) is 6.84. The molecule has 0 aliphatic rings. The van der Waals surface area contributed by atoms with Crippen LogP contribution in [0.4, 0.5) is 0 Å². The van der Waals surface area contributed by atoms with Gasteiger partial charge in [0.2, 0.25) is 0 Å². The Morgan fingerprint density at radius 2 is 2.16 bits per heavy atom. The van der Waals surface area contributed by atoms with Gasteiger partial charge in [-0.25, -0.2) is 4.98 Å². The number of halogens is 1. The second-order valence-electron chi connectivity index (χ2n) is 4.01. The Morgan fingerprint density at radius 1 is 1.37 bits per heavy atom. The van der Waals surface area contributed by atoms with Gasteiger partial charge in [0.05, 0.1) is 26.3 Å². The van der Waals surface area contributed by atoms with Gasteiger partial charge in [0.15, 0.2) is 0 Å². The number of ether oxygens (including phenoxy) is 2. The van der Waals surface area contributed by atoms with Crippen molar-refractivity contribution in [2.24, 2.45) is 5.73 Å². The smallest absolute Gasteiger partial charge is 0.123 e. The van der Waals surface area contributed by atoms with Crippen molar-refractivity contribution in [3.63, 3.8) is 0 Å². The number of aromatic amines is 1. The lowest BCUT2D eigenvalue weighted by Crippen LogP contribution is -2.16. The standard InChI is InChI=1S/C13H16BrN3O2/c1-18-8-3-4-11(19-2)9(5-8)10(6-15)13-16-7-12(14)17-13/h3-5,7,10H,6,15H2,1-2H3,(H,16,17). The molecule has 0 bridgehead atoms. The molecule has 1 heterocycles. The number of aromatic nitrogens is 2. The molecule has 2 aromatic rings. The first-order chi connectivity index (χ1) is 9.19. The topological polar surface area (TPSA) is 73.2 Å². The van der Waals surface area contributed by atoms with Crippen molar-refractivity contribution in [1.82, 2.24) is 9.97 Å². The summed E-state index contributed by atoms with van der Waals surface area (Å²) in [6.07, 6.45) is 1.71. The summed E-state index contributed by atoms with van der Waals surface area (Å²) in [6, 6.07) is 5.65. The molecule has 0 aliphatic carbocycles. The Bertz CT molecular complexity index is 557. The lowest BCUT2D eigenvalue weighted by atomic mass is 9.97. The minimum Gasteiger partial charge on any atom is -0.497 e. The van der Waals surface area contributed by atoms with E-state index in [1.165, 1.54) is 0 Å². The molecule has 1 aromatic carbocycles. The molecular weight excluding hydrogens is 310 g/mol. The van der Waals surface area contributed by atoms with E-state index in [-0.39, 0.29) is 5.92 Å². The van der Waals surface area contributed by atoms with E-state index in [9.17, 15) is 0 Å². The predicted molar refractivity (Wildman–Crippen MR) is 76.7 cm³/mol. The maximum Gasteiger partial charge on any atom is 0.123 e. The van der Waals surface area contributed by atoms with E-state index in [1.54, 1.807) is 20.4 Å². The summed E-state index contributed by atoms with van der Waals surface area (Å²) in [5, 5.41) is 0. The first-order valence-electron chi connectivity index (χ1n) is 5.82. The molecule has 0 fully saturated rings. The summed E-state index contributed by atoms with van der Waals surface area (Å²) in [7, 11) is 3.27. The molecule has 0 radical (unpaired) electrons. The Hall–Kier alpha value is -1.53. The van der Waals surface area contributed by atoms with Gasteiger partial charge >= 0.3 is 0 Å². The molecule has 2 rings (SSSR count). The number of nitrogens with one attached hydrogen (secondary N) is 1. The van der Waals surface area contributed by atoms with Gasteiger partial charge in [-0.3, -0.25) is 0 Å². The van der Waals surface area contributed by atoms with Gasteiger partial charge in [0, 0.05) is 12.1 Å². The summed E-state index contributed by atoms with van der Waals surface area (Å²) < 4.78 is 11.5. The van der Waals surface area contributed by atoms with Crippen molar-refractivity contribution in [3.05, 3.63) is 40.4 Å². The van der Waals surface area contributed by atoms with E-state index in [1.807, 2.05) is 18.2 Å². The molecule has 0 aliphatic heterocycles. The second-order valence-corrected chi connectivity index (χ2v) is 4.87. The fourth-order valence-electron chi connectivity index (χ4n) is 1.99. The lowest BCUT2D eigenvalue weighted by Gasteiger charge is -2.17. The van der Waals surface area contributed by atoms with Crippen molar-refractivity contribution in [3.8, 4) is 11.5 Å².